The normalized spacial score (nSPS) is 10.6. The fourth-order valence-corrected chi connectivity index (χ4v) is 1.64. The molecule has 0 saturated heterocycles. The van der Waals surface area contributed by atoms with Gasteiger partial charge in [0, 0.05) is 14.1 Å². The molecule has 1 amide bonds. The van der Waals surface area contributed by atoms with E-state index in [9.17, 15) is 4.79 Å². The molecule has 0 aromatic carbocycles. The van der Waals surface area contributed by atoms with Crippen LogP contribution in [-0.4, -0.2) is 42.8 Å². The van der Waals surface area contributed by atoms with Gasteiger partial charge >= 0.3 is 0 Å². The first-order chi connectivity index (χ1) is 8.49. The standard InChI is InChI=1S/C10H15N7O/c1-6-13-8(15-14-6)5-16(2)10(18)9-7(11)4-12-17(9)3/h4H,5,11H2,1-3H3,(H,13,14,15). The van der Waals surface area contributed by atoms with Crippen molar-refractivity contribution in [2.24, 2.45) is 7.05 Å². The molecule has 0 unspecified atom stereocenters. The number of rotatable bonds is 3. The van der Waals surface area contributed by atoms with Crippen LogP contribution >= 0.6 is 0 Å². The van der Waals surface area contributed by atoms with Crippen molar-refractivity contribution < 1.29 is 4.79 Å². The topological polar surface area (TPSA) is 106 Å². The number of H-pyrrole nitrogens is 1. The molecule has 96 valence electrons. The predicted molar refractivity (Wildman–Crippen MR) is 64.5 cm³/mol. The number of hydrogen-bond acceptors (Lipinski definition) is 5. The Hall–Kier alpha value is -2.38. The largest absolute Gasteiger partial charge is 0.396 e. The van der Waals surface area contributed by atoms with E-state index in [2.05, 4.69) is 20.3 Å². The number of nitrogens with two attached hydrogens (primary N) is 1. The predicted octanol–water partition coefficient (Wildman–Crippen LogP) is -0.299. The maximum Gasteiger partial charge on any atom is 0.274 e. The smallest absolute Gasteiger partial charge is 0.274 e. The summed E-state index contributed by atoms with van der Waals surface area (Å²) < 4.78 is 1.46. The second-order valence-corrected chi connectivity index (χ2v) is 4.07. The molecule has 3 N–H and O–H groups in total. The molecular formula is C10H15N7O. The SMILES string of the molecule is Cc1nc(CN(C)C(=O)c2c(N)cnn2C)n[nH]1. The molecule has 0 aliphatic carbocycles. The maximum atomic E-state index is 12.2. The molecule has 2 rings (SSSR count). The highest BCUT2D eigenvalue weighted by molar-refractivity contribution is 5.97. The molecule has 0 bridgehead atoms. The van der Waals surface area contributed by atoms with Crippen molar-refractivity contribution in [3.63, 3.8) is 0 Å². The van der Waals surface area contributed by atoms with Crippen molar-refractivity contribution in [1.82, 2.24) is 29.9 Å². The third kappa shape index (κ3) is 2.17. The minimum absolute atomic E-state index is 0.213. The minimum Gasteiger partial charge on any atom is -0.396 e. The first-order valence-electron chi connectivity index (χ1n) is 5.40. The Morgan fingerprint density at radius 3 is 2.83 bits per heavy atom. The van der Waals surface area contributed by atoms with Gasteiger partial charge in [-0.1, -0.05) is 0 Å². The van der Waals surface area contributed by atoms with Crippen LogP contribution in [-0.2, 0) is 13.6 Å². The highest BCUT2D eigenvalue weighted by atomic mass is 16.2. The lowest BCUT2D eigenvalue weighted by Gasteiger charge is -2.15. The number of hydrogen-bond donors (Lipinski definition) is 2. The van der Waals surface area contributed by atoms with Crippen LogP contribution in [0.25, 0.3) is 0 Å². The van der Waals surface area contributed by atoms with Crippen molar-refractivity contribution >= 4 is 11.6 Å². The summed E-state index contributed by atoms with van der Waals surface area (Å²) in [7, 11) is 3.34. The van der Waals surface area contributed by atoms with Gasteiger partial charge in [-0.2, -0.15) is 10.2 Å². The molecule has 0 fully saturated rings. The van der Waals surface area contributed by atoms with Crippen LogP contribution in [0.5, 0.6) is 0 Å². The number of carbonyl (C=O) groups is 1. The van der Waals surface area contributed by atoms with Crippen molar-refractivity contribution in [1.29, 1.82) is 0 Å². The van der Waals surface area contributed by atoms with E-state index in [1.807, 2.05) is 0 Å². The second kappa shape index (κ2) is 4.47. The van der Waals surface area contributed by atoms with Crippen molar-refractivity contribution in [3.05, 3.63) is 23.5 Å². The zero-order valence-corrected chi connectivity index (χ0v) is 10.5. The average Bonchev–Trinajstić information content (AvgIpc) is 2.85. The van der Waals surface area contributed by atoms with Gasteiger partial charge in [-0.25, -0.2) is 4.98 Å². The fraction of sp³-hybridized carbons (Fsp3) is 0.400. The molecule has 8 nitrogen and oxygen atoms in total. The number of amides is 1. The van der Waals surface area contributed by atoms with Crippen molar-refractivity contribution in [3.8, 4) is 0 Å². The van der Waals surface area contributed by atoms with Crippen LogP contribution in [0.4, 0.5) is 5.69 Å². The van der Waals surface area contributed by atoms with Crippen LogP contribution in [0.3, 0.4) is 0 Å². The zero-order valence-electron chi connectivity index (χ0n) is 10.5. The summed E-state index contributed by atoms with van der Waals surface area (Å²) in [5, 5.41) is 10.6. The van der Waals surface area contributed by atoms with Gasteiger partial charge in [0.2, 0.25) is 0 Å². The average molecular weight is 249 g/mol. The van der Waals surface area contributed by atoms with Crippen LogP contribution in [0.15, 0.2) is 6.20 Å². The van der Waals surface area contributed by atoms with E-state index in [0.29, 0.717) is 29.6 Å². The van der Waals surface area contributed by atoms with E-state index >= 15 is 0 Å². The summed E-state index contributed by atoms with van der Waals surface area (Å²) in [5.74, 6) is 1.06. The molecular weight excluding hydrogens is 234 g/mol. The van der Waals surface area contributed by atoms with Crippen LogP contribution in [0, 0.1) is 6.92 Å². The van der Waals surface area contributed by atoms with E-state index in [0.717, 1.165) is 0 Å². The highest BCUT2D eigenvalue weighted by Gasteiger charge is 2.20. The Morgan fingerprint density at radius 2 is 2.33 bits per heavy atom. The summed E-state index contributed by atoms with van der Waals surface area (Å²) in [4.78, 5) is 17.8. The highest BCUT2D eigenvalue weighted by Crippen LogP contribution is 2.12. The molecule has 0 saturated carbocycles. The molecule has 0 aliphatic heterocycles. The molecule has 0 radical (unpaired) electrons. The van der Waals surface area contributed by atoms with Crippen LogP contribution in [0.1, 0.15) is 22.1 Å². The summed E-state index contributed by atoms with van der Waals surface area (Å²) >= 11 is 0. The number of nitrogen functional groups attached to an aromatic ring is 1. The van der Waals surface area contributed by atoms with E-state index in [1.165, 1.54) is 15.8 Å². The Labute approximate surface area is 104 Å². The molecule has 0 spiro atoms. The van der Waals surface area contributed by atoms with E-state index < -0.39 is 0 Å². The van der Waals surface area contributed by atoms with Gasteiger partial charge < -0.3 is 10.6 Å². The van der Waals surface area contributed by atoms with Crippen molar-refractivity contribution in [2.45, 2.75) is 13.5 Å². The van der Waals surface area contributed by atoms with E-state index in [4.69, 9.17) is 5.73 Å². The Kier molecular flexibility index (Phi) is 3.00. The maximum absolute atomic E-state index is 12.2. The third-order valence-corrected chi connectivity index (χ3v) is 2.54. The minimum atomic E-state index is -0.213. The number of aromatic nitrogens is 5. The van der Waals surface area contributed by atoms with Gasteiger partial charge in [0.25, 0.3) is 5.91 Å². The Balaban J connectivity index is 2.14. The number of anilines is 1. The van der Waals surface area contributed by atoms with Gasteiger partial charge in [0.15, 0.2) is 5.82 Å². The lowest BCUT2D eigenvalue weighted by molar-refractivity contribution is 0.0772. The number of aromatic amines is 1. The number of aryl methyl sites for hydroxylation is 2. The van der Waals surface area contributed by atoms with Crippen molar-refractivity contribution in [2.75, 3.05) is 12.8 Å². The van der Waals surface area contributed by atoms with E-state index in [1.54, 1.807) is 21.0 Å². The van der Waals surface area contributed by atoms with E-state index in [-0.39, 0.29) is 5.91 Å². The van der Waals surface area contributed by atoms with Gasteiger partial charge in [0.05, 0.1) is 18.4 Å². The van der Waals surface area contributed by atoms with Gasteiger partial charge in [0.1, 0.15) is 11.5 Å². The molecule has 2 aromatic heterocycles. The quantitative estimate of drug-likeness (QED) is 0.777. The first-order valence-corrected chi connectivity index (χ1v) is 5.40. The lowest BCUT2D eigenvalue weighted by Crippen LogP contribution is -2.29. The number of nitrogens with one attached hydrogen (secondary N) is 1. The second-order valence-electron chi connectivity index (χ2n) is 4.07. The molecule has 8 heteroatoms. The Bertz CT molecular complexity index is 551. The van der Waals surface area contributed by atoms with Crippen LogP contribution < -0.4 is 5.73 Å². The zero-order chi connectivity index (χ0) is 13.3. The monoisotopic (exact) mass is 249 g/mol. The summed E-state index contributed by atoms with van der Waals surface area (Å²) in [6.07, 6.45) is 1.46. The molecule has 18 heavy (non-hydrogen) atoms. The molecule has 2 heterocycles. The summed E-state index contributed by atoms with van der Waals surface area (Å²) in [6, 6.07) is 0. The molecule has 2 aromatic rings. The third-order valence-electron chi connectivity index (χ3n) is 2.54. The summed E-state index contributed by atoms with van der Waals surface area (Å²) in [6.45, 7) is 2.12. The summed E-state index contributed by atoms with van der Waals surface area (Å²) in [5.41, 5.74) is 6.44. The molecule has 0 aliphatic rings. The van der Waals surface area contributed by atoms with Gasteiger partial charge in [-0.05, 0) is 6.92 Å². The number of nitrogens with zero attached hydrogens (tertiary/aromatic N) is 5. The first kappa shape index (κ1) is 12.1. The lowest BCUT2D eigenvalue weighted by atomic mass is 10.3. The van der Waals surface area contributed by atoms with Gasteiger partial charge in [-0.3, -0.25) is 14.6 Å². The van der Waals surface area contributed by atoms with Crippen LogP contribution in [0.2, 0.25) is 0 Å². The number of carbonyl (C=O) groups excluding carboxylic acids is 1. The fourth-order valence-electron chi connectivity index (χ4n) is 1.64. The molecule has 0 atom stereocenters. The van der Waals surface area contributed by atoms with Gasteiger partial charge in [-0.15, -0.1) is 0 Å². The Morgan fingerprint density at radius 1 is 1.61 bits per heavy atom.